The molecule has 1 amide bonds. The highest BCUT2D eigenvalue weighted by Crippen LogP contribution is 2.29. The minimum Gasteiger partial charge on any atom is -0.322 e. The third-order valence-electron chi connectivity index (χ3n) is 4.53. The summed E-state index contributed by atoms with van der Waals surface area (Å²) in [5.74, 6) is 0.534. The largest absolute Gasteiger partial charge is 0.322 e. The topological polar surface area (TPSA) is 38.1 Å². The van der Waals surface area contributed by atoms with E-state index in [2.05, 4.69) is 23.2 Å². The monoisotopic (exact) mass is 349 g/mol. The van der Waals surface area contributed by atoms with E-state index in [0.29, 0.717) is 5.75 Å². The summed E-state index contributed by atoms with van der Waals surface area (Å²) in [6, 6.07) is 18.3. The number of amides is 1. The van der Waals surface area contributed by atoms with Crippen LogP contribution in [0.2, 0.25) is 0 Å². The lowest BCUT2D eigenvalue weighted by Gasteiger charge is -2.17. The smallest absolute Gasteiger partial charge is 0.237 e. The Morgan fingerprint density at radius 1 is 1.12 bits per heavy atom. The predicted molar refractivity (Wildman–Crippen MR) is 102 cm³/mol. The molecule has 4 nitrogen and oxygen atoms in total. The number of carbonyl (C=O) groups excluding carboxylic acids is 1. The Labute approximate surface area is 151 Å². The Morgan fingerprint density at radius 2 is 1.88 bits per heavy atom. The van der Waals surface area contributed by atoms with Crippen molar-refractivity contribution in [3.8, 4) is 11.3 Å². The van der Waals surface area contributed by atoms with E-state index in [1.807, 2.05) is 59.1 Å². The lowest BCUT2D eigenvalue weighted by atomic mass is 10.2. The van der Waals surface area contributed by atoms with Crippen molar-refractivity contribution in [2.24, 2.45) is 7.05 Å². The van der Waals surface area contributed by atoms with E-state index >= 15 is 0 Å². The van der Waals surface area contributed by atoms with Crippen LogP contribution in [0.25, 0.3) is 11.3 Å². The maximum atomic E-state index is 12.6. The number of benzene rings is 2. The zero-order valence-electron chi connectivity index (χ0n) is 14.1. The van der Waals surface area contributed by atoms with E-state index in [9.17, 15) is 4.79 Å². The molecule has 0 bridgehead atoms. The number of hydrogen-bond acceptors (Lipinski definition) is 3. The standard InChI is InChI=1S/C20H19N3OS/c1-22-18(15-7-3-2-4-8-15)13-21-20(22)25-14-19(24)23-12-11-16-9-5-6-10-17(16)23/h2-10,13H,11-12,14H2,1H3. The fourth-order valence-corrected chi connectivity index (χ4v) is 4.03. The van der Waals surface area contributed by atoms with Crippen molar-refractivity contribution in [2.75, 3.05) is 17.2 Å². The third-order valence-corrected chi connectivity index (χ3v) is 5.56. The van der Waals surface area contributed by atoms with Gasteiger partial charge >= 0.3 is 0 Å². The Bertz CT molecular complexity index is 904. The van der Waals surface area contributed by atoms with Crippen LogP contribution in [-0.2, 0) is 18.3 Å². The van der Waals surface area contributed by atoms with Crippen molar-refractivity contribution < 1.29 is 4.79 Å². The van der Waals surface area contributed by atoms with Gasteiger partial charge in [0.15, 0.2) is 5.16 Å². The van der Waals surface area contributed by atoms with Crippen LogP contribution in [-0.4, -0.2) is 27.8 Å². The number of nitrogens with zero attached hydrogens (tertiary/aromatic N) is 3. The molecule has 5 heteroatoms. The Kier molecular flexibility index (Phi) is 4.32. The van der Waals surface area contributed by atoms with E-state index in [4.69, 9.17) is 0 Å². The first-order valence-electron chi connectivity index (χ1n) is 8.32. The van der Waals surface area contributed by atoms with Crippen molar-refractivity contribution in [1.82, 2.24) is 9.55 Å². The fraction of sp³-hybridized carbons (Fsp3) is 0.200. The number of para-hydroxylation sites is 1. The van der Waals surface area contributed by atoms with Gasteiger partial charge in [0.2, 0.25) is 5.91 Å². The molecule has 0 aliphatic carbocycles. The highest BCUT2D eigenvalue weighted by Gasteiger charge is 2.24. The van der Waals surface area contributed by atoms with E-state index in [1.54, 1.807) is 0 Å². The lowest BCUT2D eigenvalue weighted by molar-refractivity contribution is -0.116. The average Bonchev–Trinajstić information content (AvgIpc) is 3.24. The molecule has 0 radical (unpaired) electrons. The Morgan fingerprint density at radius 3 is 2.72 bits per heavy atom. The molecule has 4 rings (SSSR count). The molecule has 0 unspecified atom stereocenters. The van der Waals surface area contributed by atoms with E-state index < -0.39 is 0 Å². The average molecular weight is 349 g/mol. The van der Waals surface area contributed by atoms with Crippen LogP contribution >= 0.6 is 11.8 Å². The second kappa shape index (κ2) is 6.76. The molecule has 3 aromatic rings. The van der Waals surface area contributed by atoms with Crippen molar-refractivity contribution in [3.63, 3.8) is 0 Å². The SMILES string of the molecule is Cn1c(-c2ccccc2)cnc1SCC(=O)N1CCc2ccccc21. The summed E-state index contributed by atoms with van der Waals surface area (Å²) in [4.78, 5) is 19.0. The van der Waals surface area contributed by atoms with Crippen molar-refractivity contribution in [2.45, 2.75) is 11.6 Å². The molecule has 0 spiro atoms. The zero-order chi connectivity index (χ0) is 17.2. The Balaban J connectivity index is 1.46. The maximum Gasteiger partial charge on any atom is 0.237 e. The molecule has 1 aromatic heterocycles. The maximum absolute atomic E-state index is 12.6. The first kappa shape index (κ1) is 16.0. The van der Waals surface area contributed by atoms with Gasteiger partial charge in [-0.05, 0) is 23.6 Å². The van der Waals surface area contributed by atoms with Crippen molar-refractivity contribution in [3.05, 3.63) is 66.4 Å². The molecular formula is C20H19N3OS. The molecule has 0 N–H and O–H groups in total. The highest BCUT2D eigenvalue weighted by molar-refractivity contribution is 7.99. The minimum absolute atomic E-state index is 0.138. The lowest BCUT2D eigenvalue weighted by Crippen LogP contribution is -2.30. The second-order valence-electron chi connectivity index (χ2n) is 6.06. The van der Waals surface area contributed by atoms with Crippen molar-refractivity contribution >= 4 is 23.4 Å². The van der Waals surface area contributed by atoms with Gasteiger partial charge in [-0.25, -0.2) is 4.98 Å². The molecular weight excluding hydrogens is 330 g/mol. The van der Waals surface area contributed by atoms with Crippen LogP contribution in [0.4, 0.5) is 5.69 Å². The minimum atomic E-state index is 0.138. The van der Waals surface area contributed by atoms with Crippen LogP contribution < -0.4 is 4.90 Å². The van der Waals surface area contributed by atoms with Crippen LogP contribution in [0, 0.1) is 0 Å². The van der Waals surface area contributed by atoms with Gasteiger partial charge in [0, 0.05) is 19.3 Å². The number of hydrogen-bond donors (Lipinski definition) is 0. The number of fused-ring (bicyclic) bond motifs is 1. The van der Waals surface area contributed by atoms with Gasteiger partial charge in [0.05, 0.1) is 17.6 Å². The molecule has 0 saturated heterocycles. The van der Waals surface area contributed by atoms with Gasteiger partial charge in [-0.2, -0.15) is 0 Å². The second-order valence-corrected chi connectivity index (χ2v) is 7.01. The summed E-state index contributed by atoms with van der Waals surface area (Å²) in [6.07, 6.45) is 2.81. The summed E-state index contributed by atoms with van der Waals surface area (Å²) >= 11 is 1.49. The predicted octanol–water partition coefficient (Wildman–Crippen LogP) is 3.77. The number of rotatable bonds is 4. The molecule has 25 heavy (non-hydrogen) atoms. The fourth-order valence-electron chi connectivity index (χ4n) is 3.21. The number of aromatic nitrogens is 2. The summed E-state index contributed by atoms with van der Waals surface area (Å²) in [5.41, 5.74) is 4.49. The molecule has 0 atom stereocenters. The van der Waals surface area contributed by atoms with E-state index in [1.165, 1.54) is 17.3 Å². The third kappa shape index (κ3) is 3.07. The van der Waals surface area contributed by atoms with Crippen LogP contribution in [0.1, 0.15) is 5.56 Å². The highest BCUT2D eigenvalue weighted by atomic mass is 32.2. The van der Waals surface area contributed by atoms with Crippen molar-refractivity contribution in [1.29, 1.82) is 0 Å². The molecule has 2 aromatic carbocycles. The number of thioether (sulfide) groups is 1. The van der Waals surface area contributed by atoms with Crippen LogP contribution in [0.3, 0.4) is 0 Å². The molecule has 1 aliphatic rings. The van der Waals surface area contributed by atoms with Crippen LogP contribution in [0.5, 0.6) is 0 Å². The van der Waals surface area contributed by atoms with Gasteiger partial charge in [-0.15, -0.1) is 0 Å². The number of anilines is 1. The van der Waals surface area contributed by atoms with Gasteiger partial charge in [-0.3, -0.25) is 4.79 Å². The first-order valence-corrected chi connectivity index (χ1v) is 9.31. The van der Waals surface area contributed by atoms with Crippen LogP contribution in [0.15, 0.2) is 66.0 Å². The zero-order valence-corrected chi connectivity index (χ0v) is 14.9. The molecule has 0 fully saturated rings. The van der Waals surface area contributed by atoms with Gasteiger partial charge < -0.3 is 9.47 Å². The molecule has 126 valence electrons. The molecule has 2 heterocycles. The summed E-state index contributed by atoms with van der Waals surface area (Å²) in [5, 5.41) is 0.861. The van der Waals surface area contributed by atoms with Gasteiger partial charge in [0.25, 0.3) is 0 Å². The summed E-state index contributed by atoms with van der Waals surface area (Å²) in [7, 11) is 1.99. The summed E-state index contributed by atoms with van der Waals surface area (Å²) in [6.45, 7) is 0.772. The van der Waals surface area contributed by atoms with E-state index in [0.717, 1.165) is 35.1 Å². The quantitative estimate of drug-likeness (QED) is 0.673. The number of imidazole rings is 1. The molecule has 0 saturated carbocycles. The Hall–Kier alpha value is -2.53. The van der Waals surface area contributed by atoms with E-state index in [-0.39, 0.29) is 5.91 Å². The summed E-state index contributed by atoms with van der Waals surface area (Å²) < 4.78 is 2.05. The van der Waals surface area contributed by atoms with Gasteiger partial charge in [0.1, 0.15) is 0 Å². The molecule has 1 aliphatic heterocycles. The normalized spacial score (nSPS) is 13.1. The number of carbonyl (C=O) groups is 1. The first-order chi connectivity index (χ1) is 12.2. The van der Waals surface area contributed by atoms with Gasteiger partial charge in [-0.1, -0.05) is 60.3 Å².